The third-order valence-corrected chi connectivity index (χ3v) is 8.51. The second kappa shape index (κ2) is 16.2. The summed E-state index contributed by atoms with van der Waals surface area (Å²) in [5, 5.41) is 2.17. The molecule has 3 nitrogen and oxygen atoms in total. The Hall–Kier alpha value is -6.29. The molecule has 0 unspecified atom stereocenters. The molecule has 0 saturated heterocycles. The molecule has 1 heterocycles. The van der Waals surface area contributed by atoms with E-state index in [1.807, 2.05) is 73.0 Å². The van der Waals surface area contributed by atoms with Crippen LogP contribution in [-0.2, 0) is 0 Å². The van der Waals surface area contributed by atoms with Crippen LogP contribution in [0.5, 0.6) is 0 Å². The van der Waals surface area contributed by atoms with Gasteiger partial charge in [0.25, 0.3) is 0 Å². The molecule has 0 fully saturated rings. The molecule has 6 rings (SSSR count). The first-order valence-corrected chi connectivity index (χ1v) is 16.7. The number of nitrogens with zero attached hydrogens (tertiary/aromatic N) is 1. The van der Waals surface area contributed by atoms with E-state index in [9.17, 15) is 0 Å². The number of aliphatic imine (C=N–C) groups is 1. The van der Waals surface area contributed by atoms with E-state index in [2.05, 4.69) is 117 Å². The normalized spacial score (nSPS) is 13.0. The fraction of sp³-hybridized carbons (Fsp3) is 0.0426. The molecule has 50 heavy (non-hydrogen) atoms. The van der Waals surface area contributed by atoms with Gasteiger partial charge in [-0.1, -0.05) is 135 Å². The largest absolute Gasteiger partial charge is 0.456 e. The first-order valence-electron chi connectivity index (χ1n) is 16.7. The van der Waals surface area contributed by atoms with E-state index in [1.54, 1.807) is 6.08 Å². The van der Waals surface area contributed by atoms with Crippen molar-refractivity contribution >= 4 is 38.8 Å². The monoisotopic (exact) mass is 648 g/mol. The van der Waals surface area contributed by atoms with Gasteiger partial charge in [-0.15, -0.1) is 0 Å². The van der Waals surface area contributed by atoms with Gasteiger partial charge in [-0.3, -0.25) is 4.99 Å². The molecule has 3 heteroatoms. The Morgan fingerprint density at radius 3 is 2.10 bits per heavy atom. The maximum absolute atomic E-state index is 6.14. The van der Waals surface area contributed by atoms with Crippen LogP contribution < -0.4 is 5.73 Å². The first-order chi connectivity index (χ1) is 24.6. The van der Waals surface area contributed by atoms with Crippen molar-refractivity contribution in [3.8, 4) is 22.3 Å². The average molecular weight is 649 g/mol. The van der Waals surface area contributed by atoms with Gasteiger partial charge >= 0.3 is 0 Å². The van der Waals surface area contributed by atoms with Gasteiger partial charge in [-0.2, -0.15) is 0 Å². The SMILES string of the molecule is C=C/C=C/C=C\C=C/N=C(\C=C(/C)c1ccc(-c2ccccc2)cc1)c1cc(/C(C=C)=C/CN)cc(-c2ccc3oc4ccccc4c3c2)c1. The summed E-state index contributed by atoms with van der Waals surface area (Å²) in [7, 11) is 0. The van der Waals surface area contributed by atoms with Gasteiger partial charge in [0.1, 0.15) is 11.2 Å². The number of rotatable bonds is 12. The van der Waals surface area contributed by atoms with E-state index in [1.165, 1.54) is 11.1 Å². The zero-order chi connectivity index (χ0) is 34.7. The number of fused-ring (bicyclic) bond motifs is 3. The molecule has 5 aromatic carbocycles. The van der Waals surface area contributed by atoms with Crippen molar-refractivity contribution in [2.45, 2.75) is 6.92 Å². The summed E-state index contributed by atoms with van der Waals surface area (Å²) in [5.41, 5.74) is 18.2. The highest BCUT2D eigenvalue weighted by Gasteiger charge is 2.13. The fourth-order valence-corrected chi connectivity index (χ4v) is 5.94. The van der Waals surface area contributed by atoms with Crippen molar-refractivity contribution < 1.29 is 4.42 Å². The van der Waals surface area contributed by atoms with Crippen LogP contribution in [0.3, 0.4) is 0 Å². The summed E-state index contributed by atoms with van der Waals surface area (Å²) in [6.45, 7) is 10.4. The molecule has 6 aromatic rings. The summed E-state index contributed by atoms with van der Waals surface area (Å²) in [4.78, 5) is 5.01. The van der Waals surface area contributed by atoms with Crippen molar-refractivity contribution in [2.24, 2.45) is 10.7 Å². The fourth-order valence-electron chi connectivity index (χ4n) is 5.94. The Morgan fingerprint density at radius 1 is 0.640 bits per heavy atom. The highest BCUT2D eigenvalue weighted by atomic mass is 16.3. The van der Waals surface area contributed by atoms with Gasteiger partial charge in [0.05, 0.1) is 5.71 Å². The molecule has 2 N–H and O–H groups in total. The van der Waals surface area contributed by atoms with Gasteiger partial charge in [0, 0.05) is 29.1 Å². The Morgan fingerprint density at radius 2 is 1.32 bits per heavy atom. The highest BCUT2D eigenvalue weighted by molar-refractivity contribution is 6.13. The zero-order valence-electron chi connectivity index (χ0n) is 28.3. The molecule has 0 amide bonds. The molecule has 0 saturated carbocycles. The van der Waals surface area contributed by atoms with E-state index in [-0.39, 0.29) is 0 Å². The number of furan rings is 1. The van der Waals surface area contributed by atoms with Crippen LogP contribution in [0, 0.1) is 0 Å². The molecule has 0 aliphatic heterocycles. The minimum atomic E-state index is 0.405. The number of para-hydroxylation sites is 1. The Kier molecular flexibility index (Phi) is 10.9. The number of benzene rings is 5. The van der Waals surface area contributed by atoms with Crippen LogP contribution in [0.1, 0.15) is 23.6 Å². The molecule has 0 atom stereocenters. The molecule has 0 aliphatic rings. The summed E-state index contributed by atoms with van der Waals surface area (Å²) >= 11 is 0. The van der Waals surface area contributed by atoms with Gasteiger partial charge < -0.3 is 10.2 Å². The Labute approximate surface area is 294 Å². The Bertz CT molecular complexity index is 2320. The molecular formula is C47H40N2O. The summed E-state index contributed by atoms with van der Waals surface area (Å²) in [6, 6.07) is 40.2. The lowest BCUT2D eigenvalue weighted by Crippen LogP contribution is -2.01. The van der Waals surface area contributed by atoms with Crippen LogP contribution in [0.15, 0.2) is 199 Å². The number of nitrogens with two attached hydrogens (primary N) is 1. The predicted molar refractivity (Wildman–Crippen MR) is 216 cm³/mol. The number of allylic oxidation sites excluding steroid dienone is 10. The van der Waals surface area contributed by atoms with E-state index in [0.29, 0.717) is 6.54 Å². The number of hydrogen-bond donors (Lipinski definition) is 1. The topological polar surface area (TPSA) is 51.5 Å². The van der Waals surface area contributed by atoms with Crippen molar-refractivity contribution in [1.82, 2.24) is 0 Å². The molecular weight excluding hydrogens is 609 g/mol. The number of hydrogen-bond acceptors (Lipinski definition) is 3. The van der Waals surface area contributed by atoms with E-state index >= 15 is 0 Å². The lowest BCUT2D eigenvalue weighted by molar-refractivity contribution is 0.669. The quantitative estimate of drug-likeness (QED) is 0.106. The second-order valence-electron chi connectivity index (χ2n) is 11.8. The van der Waals surface area contributed by atoms with Crippen LogP contribution in [0.25, 0.3) is 55.3 Å². The summed E-state index contributed by atoms with van der Waals surface area (Å²) < 4.78 is 6.14. The van der Waals surface area contributed by atoms with Crippen LogP contribution in [-0.4, -0.2) is 12.3 Å². The van der Waals surface area contributed by atoms with E-state index in [4.69, 9.17) is 15.1 Å². The highest BCUT2D eigenvalue weighted by Crippen LogP contribution is 2.34. The summed E-state index contributed by atoms with van der Waals surface area (Å²) in [6.07, 6.45) is 19.2. The average Bonchev–Trinajstić information content (AvgIpc) is 3.54. The van der Waals surface area contributed by atoms with Crippen molar-refractivity contribution in [3.05, 3.63) is 206 Å². The smallest absolute Gasteiger partial charge is 0.135 e. The zero-order valence-corrected chi connectivity index (χ0v) is 28.3. The molecule has 244 valence electrons. The van der Waals surface area contributed by atoms with Gasteiger partial charge in [-0.25, -0.2) is 0 Å². The Balaban J connectivity index is 1.48. The first kappa shape index (κ1) is 33.6. The molecule has 0 spiro atoms. The van der Waals surface area contributed by atoms with Crippen molar-refractivity contribution in [2.75, 3.05) is 6.54 Å². The molecule has 0 aliphatic carbocycles. The van der Waals surface area contributed by atoms with Gasteiger partial charge in [0.15, 0.2) is 0 Å². The maximum Gasteiger partial charge on any atom is 0.135 e. The van der Waals surface area contributed by atoms with Crippen LogP contribution in [0.4, 0.5) is 0 Å². The van der Waals surface area contributed by atoms with E-state index < -0.39 is 0 Å². The minimum absolute atomic E-state index is 0.405. The molecule has 0 bridgehead atoms. The third kappa shape index (κ3) is 7.87. The van der Waals surface area contributed by atoms with E-state index in [0.717, 1.165) is 66.6 Å². The maximum atomic E-state index is 6.14. The lowest BCUT2D eigenvalue weighted by Gasteiger charge is -2.13. The summed E-state index contributed by atoms with van der Waals surface area (Å²) in [5.74, 6) is 0. The van der Waals surface area contributed by atoms with Gasteiger partial charge in [-0.05, 0) is 100 Å². The molecule has 1 aromatic heterocycles. The lowest BCUT2D eigenvalue weighted by atomic mass is 9.92. The standard InChI is InChI=1S/C47H40N2O/c1-4-6-7-8-9-15-28-49-45(29-34(3)36-20-22-38(23-21-36)37-16-11-10-12-17-37)42-31-40(35(5-2)26-27-48)30-41(32-42)39-24-25-47-44(33-39)43-18-13-14-19-46(43)50-47/h4-26,28-33H,1-2,27,48H2,3H3/b7-6+,9-8-,28-15-,34-29+,35-26+,49-45+. The van der Waals surface area contributed by atoms with Crippen molar-refractivity contribution in [1.29, 1.82) is 0 Å². The van der Waals surface area contributed by atoms with Crippen molar-refractivity contribution in [3.63, 3.8) is 0 Å². The van der Waals surface area contributed by atoms with Crippen LogP contribution in [0.2, 0.25) is 0 Å². The third-order valence-electron chi connectivity index (χ3n) is 8.51. The second-order valence-corrected chi connectivity index (χ2v) is 11.8. The van der Waals surface area contributed by atoms with Crippen LogP contribution >= 0.6 is 0 Å². The predicted octanol–water partition coefficient (Wildman–Crippen LogP) is 12.2. The molecule has 0 radical (unpaired) electrons. The van der Waals surface area contributed by atoms with Gasteiger partial charge in [0.2, 0.25) is 0 Å². The minimum Gasteiger partial charge on any atom is -0.456 e.